The highest BCUT2D eigenvalue weighted by Crippen LogP contribution is 2.30. The summed E-state index contributed by atoms with van der Waals surface area (Å²) in [6, 6.07) is 5.73. The maximum Gasteiger partial charge on any atom is 0.234 e. The van der Waals surface area contributed by atoms with E-state index in [4.69, 9.17) is 4.74 Å². The lowest BCUT2D eigenvalue weighted by atomic mass is 10.2. The Kier molecular flexibility index (Phi) is 5.04. The van der Waals surface area contributed by atoms with Crippen LogP contribution in [-0.4, -0.2) is 28.7 Å². The normalized spacial score (nSPS) is 12.8. The summed E-state index contributed by atoms with van der Waals surface area (Å²) in [6.45, 7) is 3.89. The quantitative estimate of drug-likeness (QED) is 0.666. The third-order valence-corrected chi connectivity index (χ3v) is 4.99. The van der Waals surface area contributed by atoms with E-state index >= 15 is 0 Å². The predicted octanol–water partition coefficient (Wildman–Crippen LogP) is 3.32. The van der Waals surface area contributed by atoms with Crippen molar-refractivity contribution in [3.63, 3.8) is 0 Å². The molecule has 0 fully saturated rings. The second-order valence-corrected chi connectivity index (χ2v) is 6.86. The van der Waals surface area contributed by atoms with Gasteiger partial charge in [0, 0.05) is 11.3 Å². The summed E-state index contributed by atoms with van der Waals surface area (Å²) in [5.74, 6) is 1.70. The summed E-state index contributed by atoms with van der Waals surface area (Å²) in [7, 11) is 1.60. The van der Waals surface area contributed by atoms with Gasteiger partial charge < -0.3 is 10.1 Å². The Morgan fingerprint density at radius 2 is 2.12 bits per heavy atom. The molecule has 1 aromatic carbocycles. The molecule has 1 aliphatic carbocycles. The number of aromatic nitrogens is 2. The first-order valence-corrected chi connectivity index (χ1v) is 8.99. The van der Waals surface area contributed by atoms with Crippen LogP contribution in [0.4, 0.5) is 5.69 Å². The first-order chi connectivity index (χ1) is 11.6. The van der Waals surface area contributed by atoms with Crippen LogP contribution >= 0.6 is 11.8 Å². The van der Waals surface area contributed by atoms with Crippen molar-refractivity contribution < 1.29 is 9.53 Å². The molecular formula is C18H21N3O2S. The van der Waals surface area contributed by atoms with Gasteiger partial charge in [-0.2, -0.15) is 0 Å². The van der Waals surface area contributed by atoms with Crippen LogP contribution in [0.1, 0.15) is 29.1 Å². The highest BCUT2D eigenvalue weighted by Gasteiger charge is 2.19. The number of benzene rings is 1. The van der Waals surface area contributed by atoms with E-state index in [1.807, 2.05) is 32.0 Å². The Morgan fingerprint density at radius 1 is 1.29 bits per heavy atom. The number of nitrogens with zero attached hydrogens (tertiary/aromatic N) is 2. The Hall–Kier alpha value is -2.08. The molecule has 3 rings (SSSR count). The lowest BCUT2D eigenvalue weighted by molar-refractivity contribution is -0.113. The number of carbonyl (C=O) groups is 1. The fourth-order valence-corrected chi connectivity index (χ4v) is 3.81. The summed E-state index contributed by atoms with van der Waals surface area (Å²) in [5.41, 5.74) is 4.13. The van der Waals surface area contributed by atoms with Crippen molar-refractivity contribution in [2.24, 2.45) is 0 Å². The molecule has 126 valence electrons. The molecule has 1 N–H and O–H groups in total. The average molecular weight is 343 g/mol. The molecule has 0 radical (unpaired) electrons. The summed E-state index contributed by atoms with van der Waals surface area (Å²) in [4.78, 5) is 21.3. The SMILES string of the molecule is COc1ccc(C)cc1NC(=O)CSc1nc(C)nc2c1CCC2. The molecule has 0 spiro atoms. The van der Waals surface area contributed by atoms with Gasteiger partial charge in [0.05, 0.1) is 18.6 Å². The molecular weight excluding hydrogens is 322 g/mol. The number of hydrogen-bond donors (Lipinski definition) is 1. The van der Waals surface area contributed by atoms with E-state index < -0.39 is 0 Å². The fourth-order valence-electron chi connectivity index (χ4n) is 2.88. The van der Waals surface area contributed by atoms with Gasteiger partial charge in [-0.05, 0) is 50.8 Å². The van der Waals surface area contributed by atoms with Crippen molar-refractivity contribution in [1.82, 2.24) is 9.97 Å². The molecule has 24 heavy (non-hydrogen) atoms. The van der Waals surface area contributed by atoms with Gasteiger partial charge in [-0.15, -0.1) is 0 Å². The third kappa shape index (κ3) is 3.70. The van der Waals surface area contributed by atoms with E-state index in [0.717, 1.165) is 41.4 Å². The zero-order valence-electron chi connectivity index (χ0n) is 14.2. The Bertz CT molecular complexity index is 777. The highest BCUT2D eigenvalue weighted by molar-refractivity contribution is 8.00. The molecule has 0 bridgehead atoms. The smallest absolute Gasteiger partial charge is 0.234 e. The van der Waals surface area contributed by atoms with Crippen LogP contribution in [-0.2, 0) is 17.6 Å². The number of fused-ring (bicyclic) bond motifs is 1. The van der Waals surface area contributed by atoms with Crippen LogP contribution < -0.4 is 10.1 Å². The Labute approximate surface area is 146 Å². The van der Waals surface area contributed by atoms with E-state index in [2.05, 4.69) is 15.3 Å². The highest BCUT2D eigenvalue weighted by atomic mass is 32.2. The summed E-state index contributed by atoms with van der Waals surface area (Å²) < 4.78 is 5.30. The second-order valence-electron chi connectivity index (χ2n) is 5.90. The minimum Gasteiger partial charge on any atom is -0.495 e. The number of nitrogens with one attached hydrogen (secondary N) is 1. The van der Waals surface area contributed by atoms with Crippen molar-refractivity contribution in [3.05, 3.63) is 40.8 Å². The molecule has 0 aliphatic heterocycles. The van der Waals surface area contributed by atoms with Gasteiger partial charge in [-0.3, -0.25) is 4.79 Å². The standard InChI is InChI=1S/C18H21N3O2S/c1-11-7-8-16(23-3)15(9-11)21-17(22)10-24-18-13-5-4-6-14(13)19-12(2)20-18/h7-9H,4-6,10H2,1-3H3,(H,21,22). The maximum atomic E-state index is 12.3. The van der Waals surface area contributed by atoms with Crippen molar-refractivity contribution in [2.75, 3.05) is 18.2 Å². The second kappa shape index (κ2) is 7.21. The minimum atomic E-state index is -0.0630. The fraction of sp³-hybridized carbons (Fsp3) is 0.389. The van der Waals surface area contributed by atoms with Crippen molar-refractivity contribution in [1.29, 1.82) is 0 Å². The number of carbonyl (C=O) groups excluding carboxylic acids is 1. The van der Waals surface area contributed by atoms with Crippen LogP contribution in [0.15, 0.2) is 23.2 Å². The van der Waals surface area contributed by atoms with Crippen LogP contribution in [0.25, 0.3) is 0 Å². The molecule has 1 aromatic heterocycles. The number of methoxy groups -OCH3 is 1. The zero-order valence-corrected chi connectivity index (χ0v) is 15.0. The Morgan fingerprint density at radius 3 is 2.92 bits per heavy atom. The van der Waals surface area contributed by atoms with Gasteiger partial charge in [0.15, 0.2) is 0 Å². The van der Waals surface area contributed by atoms with Gasteiger partial charge >= 0.3 is 0 Å². The number of aryl methyl sites for hydroxylation is 3. The van der Waals surface area contributed by atoms with Gasteiger partial charge in [0.2, 0.25) is 5.91 Å². The summed E-state index contributed by atoms with van der Waals surface area (Å²) in [6.07, 6.45) is 3.14. The maximum absolute atomic E-state index is 12.3. The number of ether oxygens (including phenoxy) is 1. The molecule has 2 aromatic rings. The van der Waals surface area contributed by atoms with Crippen LogP contribution in [0.3, 0.4) is 0 Å². The van der Waals surface area contributed by atoms with Gasteiger partial charge in [0.1, 0.15) is 16.6 Å². The topological polar surface area (TPSA) is 64.1 Å². The van der Waals surface area contributed by atoms with Crippen LogP contribution in [0.5, 0.6) is 5.75 Å². The molecule has 0 saturated carbocycles. The monoisotopic (exact) mass is 343 g/mol. The Balaban J connectivity index is 1.68. The molecule has 1 heterocycles. The molecule has 0 atom stereocenters. The number of rotatable bonds is 5. The third-order valence-electron chi connectivity index (χ3n) is 3.98. The van der Waals surface area contributed by atoms with Crippen molar-refractivity contribution in [3.8, 4) is 5.75 Å². The van der Waals surface area contributed by atoms with Crippen molar-refractivity contribution in [2.45, 2.75) is 38.1 Å². The largest absolute Gasteiger partial charge is 0.495 e. The van der Waals surface area contributed by atoms with E-state index in [1.54, 1.807) is 7.11 Å². The predicted molar refractivity (Wildman–Crippen MR) is 95.9 cm³/mol. The van der Waals surface area contributed by atoms with Gasteiger partial charge in [-0.25, -0.2) is 9.97 Å². The molecule has 0 saturated heterocycles. The van der Waals surface area contributed by atoms with Crippen LogP contribution in [0, 0.1) is 13.8 Å². The molecule has 6 heteroatoms. The molecule has 0 unspecified atom stereocenters. The zero-order chi connectivity index (χ0) is 17.1. The summed E-state index contributed by atoms with van der Waals surface area (Å²) in [5, 5.41) is 3.87. The van der Waals surface area contributed by atoms with E-state index in [9.17, 15) is 4.79 Å². The molecule has 1 aliphatic rings. The summed E-state index contributed by atoms with van der Waals surface area (Å²) >= 11 is 1.48. The minimum absolute atomic E-state index is 0.0630. The number of hydrogen-bond acceptors (Lipinski definition) is 5. The van der Waals surface area contributed by atoms with Crippen molar-refractivity contribution >= 4 is 23.4 Å². The average Bonchev–Trinajstić information content (AvgIpc) is 3.01. The molecule has 5 nitrogen and oxygen atoms in total. The van der Waals surface area contributed by atoms with E-state index in [1.165, 1.54) is 17.3 Å². The number of thioether (sulfide) groups is 1. The number of anilines is 1. The van der Waals surface area contributed by atoms with Gasteiger partial charge in [-0.1, -0.05) is 17.8 Å². The van der Waals surface area contributed by atoms with E-state index in [-0.39, 0.29) is 5.91 Å². The lowest BCUT2D eigenvalue weighted by Crippen LogP contribution is -2.15. The first kappa shape index (κ1) is 16.8. The first-order valence-electron chi connectivity index (χ1n) is 8.00. The van der Waals surface area contributed by atoms with E-state index in [0.29, 0.717) is 17.2 Å². The molecule has 1 amide bonds. The lowest BCUT2D eigenvalue weighted by Gasteiger charge is -2.11. The van der Waals surface area contributed by atoms with Gasteiger partial charge in [0.25, 0.3) is 0 Å². The van der Waals surface area contributed by atoms with Crippen LogP contribution in [0.2, 0.25) is 0 Å². The number of amides is 1.